The number of allylic oxidation sites excluding steroid dienone is 6. The Labute approximate surface area is 347 Å². The largest absolute Gasteiger partial charge is 0.466 e. The molecule has 2 atom stereocenters. The minimum atomic E-state index is -0.681. The first kappa shape index (κ1) is 54.1. The number of rotatable bonds is 44. The SMILES string of the molecule is CCCC/C=C\C/C=C\CCCCCCCC(=O)OCCCCCCCC/C=C\CCCCCC(=O)NC(CO)C(O)CCCCCCCCCCCCCC. The van der Waals surface area contributed by atoms with E-state index in [1.807, 2.05) is 0 Å². The van der Waals surface area contributed by atoms with E-state index in [9.17, 15) is 19.8 Å². The number of nitrogens with one attached hydrogen (secondary N) is 1. The maximum atomic E-state index is 12.4. The quantitative estimate of drug-likeness (QED) is 0.0325. The van der Waals surface area contributed by atoms with Gasteiger partial charge in [0.2, 0.25) is 5.91 Å². The highest BCUT2D eigenvalue weighted by atomic mass is 16.5. The topological polar surface area (TPSA) is 95.9 Å². The summed E-state index contributed by atoms with van der Waals surface area (Å²) in [4.78, 5) is 24.4. The minimum Gasteiger partial charge on any atom is -0.466 e. The third kappa shape index (κ3) is 41.7. The lowest BCUT2D eigenvalue weighted by Gasteiger charge is -2.22. The molecule has 0 aromatic rings. The summed E-state index contributed by atoms with van der Waals surface area (Å²) in [6.07, 6.45) is 53.9. The first-order valence-corrected chi connectivity index (χ1v) is 24.2. The van der Waals surface area contributed by atoms with Crippen LogP contribution in [-0.4, -0.2) is 47.4 Å². The molecule has 0 saturated carbocycles. The molecular weight excluding hydrogens is 695 g/mol. The van der Waals surface area contributed by atoms with Crippen molar-refractivity contribution in [3.05, 3.63) is 36.5 Å². The zero-order chi connectivity index (χ0) is 40.8. The van der Waals surface area contributed by atoms with Gasteiger partial charge in [-0.05, 0) is 77.0 Å². The number of hydrogen-bond acceptors (Lipinski definition) is 5. The van der Waals surface area contributed by atoms with Gasteiger partial charge in [-0.3, -0.25) is 9.59 Å². The second-order valence-corrected chi connectivity index (χ2v) is 16.4. The Morgan fingerprint density at radius 1 is 0.500 bits per heavy atom. The molecule has 0 aromatic heterocycles. The molecule has 0 saturated heterocycles. The first-order valence-electron chi connectivity index (χ1n) is 24.2. The van der Waals surface area contributed by atoms with Gasteiger partial charge in [-0.15, -0.1) is 0 Å². The Morgan fingerprint density at radius 3 is 1.45 bits per heavy atom. The lowest BCUT2D eigenvalue weighted by Crippen LogP contribution is -2.45. The van der Waals surface area contributed by atoms with Gasteiger partial charge in [0, 0.05) is 12.8 Å². The molecule has 0 bridgehead atoms. The molecule has 0 spiro atoms. The van der Waals surface area contributed by atoms with E-state index in [4.69, 9.17) is 4.74 Å². The number of hydrogen-bond donors (Lipinski definition) is 3. The molecule has 2 unspecified atom stereocenters. The molecule has 1 amide bonds. The van der Waals surface area contributed by atoms with Crippen molar-refractivity contribution in [2.24, 2.45) is 0 Å². The number of aliphatic hydroxyl groups excluding tert-OH is 2. The van der Waals surface area contributed by atoms with E-state index in [1.54, 1.807) is 0 Å². The second kappa shape index (κ2) is 45.8. The number of esters is 1. The van der Waals surface area contributed by atoms with Crippen molar-refractivity contribution in [3.8, 4) is 0 Å². The molecule has 0 aliphatic carbocycles. The molecule has 0 radical (unpaired) electrons. The van der Waals surface area contributed by atoms with Crippen molar-refractivity contribution in [2.75, 3.05) is 13.2 Å². The summed E-state index contributed by atoms with van der Waals surface area (Å²) in [7, 11) is 0. The van der Waals surface area contributed by atoms with Crippen LogP contribution in [0.2, 0.25) is 0 Å². The predicted molar refractivity (Wildman–Crippen MR) is 241 cm³/mol. The number of ether oxygens (including phenoxy) is 1. The fraction of sp³-hybridized carbons (Fsp3) is 0.840. The van der Waals surface area contributed by atoms with Crippen LogP contribution in [0.1, 0.15) is 245 Å². The summed E-state index contributed by atoms with van der Waals surface area (Å²) in [6, 6.07) is -0.561. The summed E-state index contributed by atoms with van der Waals surface area (Å²) >= 11 is 0. The average molecular weight is 788 g/mol. The van der Waals surface area contributed by atoms with E-state index in [0.717, 1.165) is 83.5 Å². The van der Waals surface area contributed by atoms with Crippen molar-refractivity contribution in [1.29, 1.82) is 0 Å². The Balaban J connectivity index is 3.52. The molecule has 0 heterocycles. The van der Waals surface area contributed by atoms with Gasteiger partial charge in [0.15, 0.2) is 0 Å². The van der Waals surface area contributed by atoms with Gasteiger partial charge in [0.05, 0.1) is 25.4 Å². The van der Waals surface area contributed by atoms with Gasteiger partial charge in [-0.1, -0.05) is 192 Å². The van der Waals surface area contributed by atoms with E-state index < -0.39 is 12.1 Å². The van der Waals surface area contributed by atoms with Crippen LogP contribution >= 0.6 is 0 Å². The lowest BCUT2D eigenvalue weighted by atomic mass is 10.0. The molecule has 56 heavy (non-hydrogen) atoms. The van der Waals surface area contributed by atoms with Gasteiger partial charge < -0.3 is 20.3 Å². The van der Waals surface area contributed by atoms with E-state index in [-0.39, 0.29) is 18.5 Å². The highest BCUT2D eigenvalue weighted by Crippen LogP contribution is 2.15. The highest BCUT2D eigenvalue weighted by Gasteiger charge is 2.20. The normalized spacial score (nSPS) is 13.0. The lowest BCUT2D eigenvalue weighted by molar-refractivity contribution is -0.143. The molecule has 6 heteroatoms. The number of carbonyl (C=O) groups excluding carboxylic acids is 2. The smallest absolute Gasteiger partial charge is 0.305 e. The van der Waals surface area contributed by atoms with Crippen molar-refractivity contribution in [3.63, 3.8) is 0 Å². The number of aliphatic hydroxyl groups is 2. The van der Waals surface area contributed by atoms with Crippen LogP contribution in [-0.2, 0) is 14.3 Å². The summed E-state index contributed by atoms with van der Waals surface area (Å²) in [5.74, 6) is -0.0957. The van der Waals surface area contributed by atoms with Crippen LogP contribution < -0.4 is 5.32 Å². The van der Waals surface area contributed by atoms with E-state index in [1.165, 1.54) is 128 Å². The average Bonchev–Trinajstić information content (AvgIpc) is 3.20. The van der Waals surface area contributed by atoms with Crippen molar-refractivity contribution in [2.45, 2.75) is 257 Å². The molecule has 0 aliphatic heterocycles. The summed E-state index contributed by atoms with van der Waals surface area (Å²) in [5.41, 5.74) is 0. The van der Waals surface area contributed by atoms with E-state index in [2.05, 4.69) is 55.6 Å². The van der Waals surface area contributed by atoms with Gasteiger partial charge >= 0.3 is 5.97 Å². The number of carbonyl (C=O) groups is 2. The maximum absolute atomic E-state index is 12.4. The number of unbranched alkanes of at least 4 members (excludes halogenated alkanes) is 27. The van der Waals surface area contributed by atoms with Crippen LogP contribution in [0.25, 0.3) is 0 Å². The second-order valence-electron chi connectivity index (χ2n) is 16.4. The van der Waals surface area contributed by atoms with Crippen LogP contribution in [0, 0.1) is 0 Å². The zero-order valence-electron chi connectivity index (χ0n) is 37.1. The monoisotopic (exact) mass is 788 g/mol. The van der Waals surface area contributed by atoms with E-state index in [0.29, 0.717) is 25.9 Å². The Kier molecular flexibility index (Phi) is 44.2. The van der Waals surface area contributed by atoms with Crippen molar-refractivity contribution < 1.29 is 24.5 Å². The standard InChI is InChI=1S/C50H93NO5/c1-3-5-7-9-11-13-15-17-20-24-28-32-36-40-44-50(55)56-45-41-37-33-29-25-21-18-19-23-27-31-35-39-43-49(54)51-47(46-52)48(53)42-38-34-30-26-22-16-14-12-10-8-6-4-2/h9,11,15,17,19,23,47-48,52-53H,3-8,10,12-14,16,18,20-22,24-46H2,1-2H3,(H,51,54)/b11-9-,17-15-,23-19-. The highest BCUT2D eigenvalue weighted by molar-refractivity contribution is 5.76. The Hall–Kier alpha value is -1.92. The van der Waals surface area contributed by atoms with Crippen LogP contribution in [0.5, 0.6) is 0 Å². The van der Waals surface area contributed by atoms with Gasteiger partial charge in [-0.2, -0.15) is 0 Å². The summed E-state index contributed by atoms with van der Waals surface area (Å²) < 4.78 is 5.44. The molecule has 0 rings (SSSR count). The summed E-state index contributed by atoms with van der Waals surface area (Å²) in [6.45, 7) is 4.84. The minimum absolute atomic E-state index is 0.0280. The Morgan fingerprint density at radius 2 is 0.911 bits per heavy atom. The molecule has 0 aromatic carbocycles. The summed E-state index contributed by atoms with van der Waals surface area (Å²) in [5, 5.41) is 23.1. The van der Waals surface area contributed by atoms with Gasteiger partial charge in [-0.25, -0.2) is 0 Å². The Bertz CT molecular complexity index is 915. The van der Waals surface area contributed by atoms with Gasteiger partial charge in [0.1, 0.15) is 0 Å². The maximum Gasteiger partial charge on any atom is 0.305 e. The van der Waals surface area contributed by atoms with Crippen LogP contribution in [0.4, 0.5) is 0 Å². The molecule has 0 fully saturated rings. The van der Waals surface area contributed by atoms with Crippen molar-refractivity contribution >= 4 is 11.9 Å². The predicted octanol–water partition coefficient (Wildman–Crippen LogP) is 14.1. The number of amides is 1. The third-order valence-corrected chi connectivity index (χ3v) is 10.9. The molecule has 328 valence electrons. The molecule has 3 N–H and O–H groups in total. The fourth-order valence-electron chi connectivity index (χ4n) is 7.12. The van der Waals surface area contributed by atoms with Crippen molar-refractivity contribution in [1.82, 2.24) is 5.32 Å². The molecule has 6 nitrogen and oxygen atoms in total. The third-order valence-electron chi connectivity index (χ3n) is 10.9. The zero-order valence-corrected chi connectivity index (χ0v) is 37.1. The van der Waals surface area contributed by atoms with Crippen LogP contribution in [0.3, 0.4) is 0 Å². The van der Waals surface area contributed by atoms with Gasteiger partial charge in [0.25, 0.3) is 0 Å². The van der Waals surface area contributed by atoms with Crippen LogP contribution in [0.15, 0.2) is 36.5 Å². The van der Waals surface area contributed by atoms with E-state index >= 15 is 0 Å². The first-order chi connectivity index (χ1) is 27.5. The molecule has 0 aliphatic rings. The fourth-order valence-corrected chi connectivity index (χ4v) is 7.12. The molecular formula is C50H93NO5.